The molecule has 0 amide bonds. The van der Waals surface area contributed by atoms with Gasteiger partial charge < -0.3 is 5.11 Å². The van der Waals surface area contributed by atoms with Crippen molar-refractivity contribution in [3.05, 3.63) is 33.3 Å². The molecule has 0 radical (unpaired) electrons. The number of hydrogen-bond acceptors (Lipinski definition) is 1. The van der Waals surface area contributed by atoms with Gasteiger partial charge in [0.05, 0.1) is 6.10 Å². The van der Waals surface area contributed by atoms with E-state index in [4.69, 9.17) is 0 Å². The van der Waals surface area contributed by atoms with Crippen LogP contribution in [0, 0.1) is 19.8 Å². The van der Waals surface area contributed by atoms with E-state index in [0.717, 1.165) is 22.4 Å². The molecular formula is C13H17BrO. The number of halogens is 1. The molecule has 0 spiro atoms. The molecule has 1 aliphatic carbocycles. The lowest BCUT2D eigenvalue weighted by Crippen LogP contribution is -2.02. The van der Waals surface area contributed by atoms with Crippen LogP contribution in [0.4, 0.5) is 0 Å². The van der Waals surface area contributed by atoms with Gasteiger partial charge in [0.2, 0.25) is 0 Å². The van der Waals surface area contributed by atoms with Crippen LogP contribution in [0.15, 0.2) is 16.6 Å². The molecule has 1 aliphatic rings. The molecule has 1 aromatic carbocycles. The average molecular weight is 269 g/mol. The van der Waals surface area contributed by atoms with Crippen molar-refractivity contribution in [2.45, 2.75) is 39.2 Å². The molecule has 0 saturated heterocycles. The second-order valence-electron chi connectivity index (χ2n) is 4.65. The highest BCUT2D eigenvalue weighted by Crippen LogP contribution is 2.38. The predicted molar refractivity (Wildman–Crippen MR) is 65.9 cm³/mol. The summed E-state index contributed by atoms with van der Waals surface area (Å²) < 4.78 is 1.13. The molecule has 1 N–H and O–H groups in total. The van der Waals surface area contributed by atoms with Crippen LogP contribution >= 0.6 is 15.9 Å². The van der Waals surface area contributed by atoms with Crippen LogP contribution in [0.5, 0.6) is 0 Å². The molecule has 1 atom stereocenters. The molecule has 1 nitrogen and oxygen atoms in total. The molecule has 1 saturated carbocycles. The molecule has 1 unspecified atom stereocenters. The quantitative estimate of drug-likeness (QED) is 0.882. The van der Waals surface area contributed by atoms with Crippen LogP contribution in [0.2, 0.25) is 0 Å². The molecule has 0 aliphatic heterocycles. The lowest BCUT2D eigenvalue weighted by atomic mass is 9.97. The Labute approximate surface area is 99.6 Å². The lowest BCUT2D eigenvalue weighted by molar-refractivity contribution is 0.159. The Morgan fingerprint density at radius 2 is 2.00 bits per heavy atom. The van der Waals surface area contributed by atoms with Gasteiger partial charge in [-0.3, -0.25) is 0 Å². The first kappa shape index (κ1) is 11.2. The van der Waals surface area contributed by atoms with E-state index in [0.29, 0.717) is 0 Å². The molecule has 1 fully saturated rings. The third-order valence-corrected chi connectivity index (χ3v) is 4.01. The first-order valence-corrected chi connectivity index (χ1v) is 6.32. The van der Waals surface area contributed by atoms with Gasteiger partial charge >= 0.3 is 0 Å². The maximum Gasteiger partial charge on any atom is 0.0795 e. The van der Waals surface area contributed by atoms with E-state index >= 15 is 0 Å². The standard InChI is InChI=1S/C13H17BrO/c1-8-6-12(14)9(2)5-11(8)13(15)7-10-3-4-10/h5-6,10,13,15H,3-4,7H2,1-2H3. The summed E-state index contributed by atoms with van der Waals surface area (Å²) in [5, 5.41) is 10.1. The Kier molecular flexibility index (Phi) is 3.17. The largest absolute Gasteiger partial charge is 0.388 e. The van der Waals surface area contributed by atoms with E-state index in [2.05, 4.69) is 41.9 Å². The van der Waals surface area contributed by atoms with E-state index in [1.165, 1.54) is 24.0 Å². The Morgan fingerprint density at radius 3 is 2.60 bits per heavy atom. The highest BCUT2D eigenvalue weighted by molar-refractivity contribution is 9.10. The third kappa shape index (κ3) is 2.61. The fourth-order valence-corrected chi connectivity index (χ4v) is 2.42. The van der Waals surface area contributed by atoms with Crippen molar-refractivity contribution in [3.8, 4) is 0 Å². The maximum absolute atomic E-state index is 10.1. The van der Waals surface area contributed by atoms with Gasteiger partial charge in [-0.2, -0.15) is 0 Å². The van der Waals surface area contributed by atoms with Crippen LogP contribution in [0.1, 0.15) is 42.1 Å². The topological polar surface area (TPSA) is 20.2 Å². The fraction of sp³-hybridized carbons (Fsp3) is 0.538. The summed E-state index contributed by atoms with van der Waals surface area (Å²) in [5.74, 6) is 0.767. The zero-order chi connectivity index (χ0) is 11.0. The van der Waals surface area contributed by atoms with Crippen LogP contribution in [0.3, 0.4) is 0 Å². The number of rotatable bonds is 3. The van der Waals surface area contributed by atoms with Crippen molar-refractivity contribution in [2.75, 3.05) is 0 Å². The highest BCUT2D eigenvalue weighted by atomic mass is 79.9. The average Bonchev–Trinajstić information content (AvgIpc) is 2.95. The Balaban J connectivity index is 2.21. The number of hydrogen-bond donors (Lipinski definition) is 1. The van der Waals surface area contributed by atoms with Crippen molar-refractivity contribution >= 4 is 15.9 Å². The van der Waals surface area contributed by atoms with E-state index in [1.807, 2.05) is 0 Å². The van der Waals surface area contributed by atoms with Crippen LogP contribution in [0.25, 0.3) is 0 Å². The second kappa shape index (κ2) is 4.26. The van der Waals surface area contributed by atoms with Gasteiger partial charge in [0.1, 0.15) is 0 Å². The molecule has 2 heteroatoms. The van der Waals surface area contributed by atoms with Crippen molar-refractivity contribution in [3.63, 3.8) is 0 Å². The minimum atomic E-state index is -0.274. The van der Waals surface area contributed by atoms with Crippen molar-refractivity contribution in [2.24, 2.45) is 5.92 Å². The first-order chi connectivity index (χ1) is 7.08. The Morgan fingerprint density at radius 1 is 1.33 bits per heavy atom. The summed E-state index contributed by atoms with van der Waals surface area (Å²) in [6, 6.07) is 4.20. The van der Waals surface area contributed by atoms with Gasteiger partial charge in [-0.1, -0.05) is 34.8 Å². The Hall–Kier alpha value is -0.340. The minimum Gasteiger partial charge on any atom is -0.388 e. The zero-order valence-corrected chi connectivity index (χ0v) is 10.8. The molecule has 2 rings (SSSR count). The van der Waals surface area contributed by atoms with Gasteiger partial charge in [0.15, 0.2) is 0 Å². The molecule has 82 valence electrons. The third-order valence-electron chi connectivity index (χ3n) is 3.16. The SMILES string of the molecule is Cc1cc(C(O)CC2CC2)c(C)cc1Br. The Bertz CT molecular complexity index is 369. The lowest BCUT2D eigenvalue weighted by Gasteiger charge is -2.15. The minimum absolute atomic E-state index is 0.274. The first-order valence-electron chi connectivity index (χ1n) is 5.52. The van der Waals surface area contributed by atoms with E-state index < -0.39 is 0 Å². The van der Waals surface area contributed by atoms with Gasteiger partial charge in [-0.05, 0) is 48.9 Å². The molecule has 1 aromatic rings. The van der Waals surface area contributed by atoms with E-state index in [9.17, 15) is 5.11 Å². The van der Waals surface area contributed by atoms with Crippen molar-refractivity contribution < 1.29 is 5.11 Å². The monoisotopic (exact) mass is 268 g/mol. The van der Waals surface area contributed by atoms with Crippen LogP contribution in [-0.4, -0.2) is 5.11 Å². The van der Waals surface area contributed by atoms with Crippen molar-refractivity contribution in [1.29, 1.82) is 0 Å². The number of aryl methyl sites for hydroxylation is 2. The normalized spacial score (nSPS) is 17.9. The van der Waals surface area contributed by atoms with Crippen LogP contribution < -0.4 is 0 Å². The second-order valence-corrected chi connectivity index (χ2v) is 5.51. The highest BCUT2D eigenvalue weighted by Gasteiger charge is 2.25. The van der Waals surface area contributed by atoms with Gasteiger partial charge in [-0.25, -0.2) is 0 Å². The number of aliphatic hydroxyl groups excluding tert-OH is 1. The number of benzene rings is 1. The molecule has 15 heavy (non-hydrogen) atoms. The molecule has 0 heterocycles. The van der Waals surface area contributed by atoms with Gasteiger partial charge in [-0.15, -0.1) is 0 Å². The van der Waals surface area contributed by atoms with E-state index in [-0.39, 0.29) is 6.10 Å². The van der Waals surface area contributed by atoms with E-state index in [1.54, 1.807) is 0 Å². The summed E-state index contributed by atoms with van der Waals surface area (Å²) in [5.41, 5.74) is 3.48. The fourth-order valence-electron chi connectivity index (χ4n) is 1.96. The van der Waals surface area contributed by atoms with Crippen LogP contribution in [-0.2, 0) is 0 Å². The van der Waals surface area contributed by atoms with Gasteiger partial charge in [0.25, 0.3) is 0 Å². The van der Waals surface area contributed by atoms with Gasteiger partial charge in [0, 0.05) is 4.47 Å². The summed E-state index contributed by atoms with van der Waals surface area (Å²) in [4.78, 5) is 0. The molecule has 0 bridgehead atoms. The molecular weight excluding hydrogens is 252 g/mol. The maximum atomic E-state index is 10.1. The summed E-state index contributed by atoms with van der Waals surface area (Å²) in [6.07, 6.45) is 3.25. The predicted octanol–water partition coefficient (Wildman–Crippen LogP) is 3.90. The smallest absolute Gasteiger partial charge is 0.0795 e. The number of aliphatic hydroxyl groups is 1. The summed E-state index contributed by atoms with van der Waals surface area (Å²) in [6.45, 7) is 4.13. The molecule has 0 aromatic heterocycles. The van der Waals surface area contributed by atoms with Crippen molar-refractivity contribution in [1.82, 2.24) is 0 Å². The summed E-state index contributed by atoms with van der Waals surface area (Å²) >= 11 is 3.51. The summed E-state index contributed by atoms with van der Waals surface area (Å²) in [7, 11) is 0. The zero-order valence-electron chi connectivity index (χ0n) is 9.26.